The number of amides is 1. The molecule has 0 aromatic heterocycles. The second-order valence-corrected chi connectivity index (χ2v) is 9.12. The highest BCUT2D eigenvalue weighted by Gasteiger charge is 2.44. The summed E-state index contributed by atoms with van der Waals surface area (Å²) in [6.45, 7) is 6.21. The summed E-state index contributed by atoms with van der Waals surface area (Å²) in [6.07, 6.45) is 1.49. The first kappa shape index (κ1) is 18.9. The van der Waals surface area contributed by atoms with Gasteiger partial charge in [0.25, 0.3) is 0 Å². The van der Waals surface area contributed by atoms with E-state index in [2.05, 4.69) is 19.9 Å². The van der Waals surface area contributed by atoms with Crippen molar-refractivity contribution in [2.75, 3.05) is 4.90 Å². The molecule has 0 N–H and O–H groups in total. The lowest BCUT2D eigenvalue weighted by Crippen LogP contribution is -2.43. The SMILES string of the molecule is Cc1cccc(C2CC(=O)N(c3cccc(Cl)c3)C3=C2C(=O)CC(C)(C)C3)c1. The molecule has 0 spiro atoms. The first-order valence-corrected chi connectivity index (χ1v) is 10.0. The van der Waals surface area contributed by atoms with Crippen LogP contribution < -0.4 is 4.90 Å². The lowest BCUT2D eigenvalue weighted by molar-refractivity contribution is -0.121. The summed E-state index contributed by atoms with van der Waals surface area (Å²) in [5, 5.41) is 0.578. The standard InChI is InChI=1S/C24H24ClNO2/c1-15-6-4-7-16(10-15)19-12-22(28)26(18-9-5-8-17(25)11-18)20-13-24(2,3)14-21(27)23(19)20/h4-11,19H,12-14H2,1-3H3. The van der Waals surface area contributed by atoms with E-state index in [1.54, 1.807) is 17.0 Å². The van der Waals surface area contributed by atoms with E-state index in [9.17, 15) is 9.59 Å². The summed E-state index contributed by atoms with van der Waals surface area (Å²) in [5.74, 6) is -0.0169. The van der Waals surface area contributed by atoms with E-state index in [4.69, 9.17) is 11.6 Å². The number of hydrogen-bond acceptors (Lipinski definition) is 2. The number of ketones is 1. The molecule has 4 heteroatoms. The fraction of sp³-hybridized carbons (Fsp3) is 0.333. The highest BCUT2D eigenvalue weighted by molar-refractivity contribution is 6.31. The lowest BCUT2D eigenvalue weighted by Gasteiger charge is -2.43. The molecule has 1 atom stereocenters. The summed E-state index contributed by atoms with van der Waals surface area (Å²) in [7, 11) is 0. The summed E-state index contributed by atoms with van der Waals surface area (Å²) >= 11 is 6.19. The van der Waals surface area contributed by atoms with Gasteiger partial charge in [-0.3, -0.25) is 14.5 Å². The third kappa shape index (κ3) is 3.40. The molecular weight excluding hydrogens is 370 g/mol. The minimum absolute atomic E-state index is 0.0121. The van der Waals surface area contributed by atoms with Gasteiger partial charge in [-0.2, -0.15) is 0 Å². The van der Waals surface area contributed by atoms with E-state index in [-0.39, 0.29) is 23.0 Å². The maximum Gasteiger partial charge on any atom is 0.232 e. The molecule has 28 heavy (non-hydrogen) atoms. The lowest BCUT2D eigenvalue weighted by atomic mass is 9.69. The number of anilines is 1. The van der Waals surface area contributed by atoms with E-state index in [0.717, 1.165) is 28.1 Å². The Morgan fingerprint density at radius 3 is 2.50 bits per heavy atom. The quantitative estimate of drug-likeness (QED) is 0.645. The summed E-state index contributed by atoms with van der Waals surface area (Å²) < 4.78 is 0. The normalized spacial score (nSPS) is 21.7. The molecular formula is C24H24ClNO2. The molecule has 0 fully saturated rings. The molecule has 2 aromatic carbocycles. The number of Topliss-reactive ketones (excluding diaryl/α,β-unsaturated/α-hetero) is 1. The van der Waals surface area contributed by atoms with Gasteiger partial charge >= 0.3 is 0 Å². The number of aryl methyl sites for hydroxylation is 1. The Bertz CT molecular complexity index is 1010. The van der Waals surface area contributed by atoms with Crippen molar-refractivity contribution in [1.29, 1.82) is 0 Å². The average molecular weight is 394 g/mol. The number of benzene rings is 2. The monoisotopic (exact) mass is 393 g/mol. The number of rotatable bonds is 2. The third-order valence-corrected chi connectivity index (χ3v) is 5.89. The predicted molar refractivity (Wildman–Crippen MR) is 113 cm³/mol. The molecule has 1 amide bonds. The van der Waals surface area contributed by atoms with E-state index < -0.39 is 0 Å². The number of halogens is 1. The van der Waals surface area contributed by atoms with Crippen molar-refractivity contribution in [2.45, 2.75) is 46.0 Å². The molecule has 1 aliphatic carbocycles. The van der Waals surface area contributed by atoms with Crippen LogP contribution in [0.2, 0.25) is 5.02 Å². The highest BCUT2D eigenvalue weighted by atomic mass is 35.5. The molecule has 3 nitrogen and oxygen atoms in total. The Labute approximate surface area is 171 Å². The van der Waals surface area contributed by atoms with Gasteiger partial charge in [-0.05, 0) is 42.5 Å². The molecule has 1 unspecified atom stereocenters. The van der Waals surface area contributed by atoms with Crippen molar-refractivity contribution in [3.63, 3.8) is 0 Å². The predicted octanol–water partition coefficient (Wildman–Crippen LogP) is 5.81. The molecule has 1 heterocycles. The van der Waals surface area contributed by atoms with E-state index in [0.29, 0.717) is 24.3 Å². The molecule has 2 aromatic rings. The van der Waals surface area contributed by atoms with Crippen LogP contribution in [0.3, 0.4) is 0 Å². The van der Waals surface area contributed by atoms with Crippen molar-refractivity contribution >= 4 is 29.0 Å². The van der Waals surface area contributed by atoms with Crippen molar-refractivity contribution in [3.8, 4) is 0 Å². The Hall–Kier alpha value is -2.39. The molecule has 144 valence electrons. The number of nitrogens with zero attached hydrogens (tertiary/aromatic N) is 1. The first-order valence-electron chi connectivity index (χ1n) is 9.66. The zero-order valence-corrected chi connectivity index (χ0v) is 17.2. The molecule has 1 aliphatic heterocycles. The van der Waals surface area contributed by atoms with Gasteiger partial charge in [0.2, 0.25) is 5.91 Å². The maximum absolute atomic E-state index is 13.3. The van der Waals surface area contributed by atoms with E-state index in [1.165, 1.54) is 0 Å². The highest BCUT2D eigenvalue weighted by Crippen LogP contribution is 2.48. The molecule has 0 saturated heterocycles. The largest absolute Gasteiger partial charge is 0.294 e. The average Bonchev–Trinajstić information content (AvgIpc) is 2.59. The number of allylic oxidation sites excluding steroid dienone is 2. The van der Waals surface area contributed by atoms with Crippen LogP contribution in [0.25, 0.3) is 0 Å². The van der Waals surface area contributed by atoms with Crippen LogP contribution in [0.5, 0.6) is 0 Å². The Balaban J connectivity index is 1.91. The molecule has 0 bridgehead atoms. The second kappa shape index (κ2) is 6.89. The summed E-state index contributed by atoms with van der Waals surface area (Å²) in [5.41, 5.74) is 4.36. The van der Waals surface area contributed by atoms with Crippen molar-refractivity contribution in [3.05, 3.63) is 76.0 Å². The van der Waals surface area contributed by atoms with Gasteiger partial charge in [-0.25, -0.2) is 0 Å². The Morgan fingerprint density at radius 2 is 1.79 bits per heavy atom. The van der Waals surface area contributed by atoms with Crippen LogP contribution in [0, 0.1) is 12.3 Å². The van der Waals surface area contributed by atoms with Crippen LogP contribution >= 0.6 is 11.6 Å². The van der Waals surface area contributed by atoms with Crippen molar-refractivity contribution < 1.29 is 9.59 Å². The summed E-state index contributed by atoms with van der Waals surface area (Å²) in [6, 6.07) is 15.5. The van der Waals surface area contributed by atoms with Crippen molar-refractivity contribution in [1.82, 2.24) is 0 Å². The van der Waals surface area contributed by atoms with E-state index in [1.807, 2.05) is 37.3 Å². The zero-order valence-electron chi connectivity index (χ0n) is 16.5. The van der Waals surface area contributed by atoms with Gasteiger partial charge in [-0.15, -0.1) is 0 Å². The molecule has 2 aliphatic rings. The minimum atomic E-state index is -0.179. The Morgan fingerprint density at radius 1 is 1.04 bits per heavy atom. The molecule has 0 radical (unpaired) electrons. The van der Waals surface area contributed by atoms with Gasteiger partial charge in [0.05, 0.1) is 5.69 Å². The maximum atomic E-state index is 13.3. The zero-order chi connectivity index (χ0) is 20.1. The van der Waals surface area contributed by atoms with Gasteiger partial charge in [-0.1, -0.05) is 61.3 Å². The summed E-state index contributed by atoms with van der Waals surface area (Å²) in [4.78, 5) is 28.3. The number of carbonyl (C=O) groups excluding carboxylic acids is 2. The number of hydrogen-bond donors (Lipinski definition) is 0. The fourth-order valence-corrected chi connectivity index (χ4v) is 4.69. The van der Waals surface area contributed by atoms with Gasteiger partial charge in [0.1, 0.15) is 0 Å². The van der Waals surface area contributed by atoms with Crippen LogP contribution in [-0.2, 0) is 9.59 Å². The van der Waals surface area contributed by atoms with Crippen molar-refractivity contribution in [2.24, 2.45) is 5.41 Å². The van der Waals surface area contributed by atoms with Gasteiger partial charge < -0.3 is 0 Å². The van der Waals surface area contributed by atoms with Crippen LogP contribution in [0.15, 0.2) is 59.8 Å². The smallest absolute Gasteiger partial charge is 0.232 e. The van der Waals surface area contributed by atoms with Crippen LogP contribution in [0.4, 0.5) is 5.69 Å². The minimum Gasteiger partial charge on any atom is -0.294 e. The second-order valence-electron chi connectivity index (χ2n) is 8.68. The molecule has 4 rings (SSSR count). The van der Waals surface area contributed by atoms with Crippen LogP contribution in [0.1, 0.15) is 50.2 Å². The fourth-order valence-electron chi connectivity index (χ4n) is 4.50. The van der Waals surface area contributed by atoms with E-state index >= 15 is 0 Å². The van der Waals surface area contributed by atoms with Gasteiger partial charge in [0, 0.05) is 35.1 Å². The Kier molecular flexibility index (Phi) is 4.67. The topological polar surface area (TPSA) is 37.4 Å². The third-order valence-electron chi connectivity index (χ3n) is 5.65. The van der Waals surface area contributed by atoms with Crippen LogP contribution in [-0.4, -0.2) is 11.7 Å². The number of carbonyl (C=O) groups is 2. The molecule has 0 saturated carbocycles. The van der Waals surface area contributed by atoms with Gasteiger partial charge in [0.15, 0.2) is 5.78 Å². The first-order chi connectivity index (χ1) is 13.2.